The number of hydrogen-bond donors (Lipinski definition) is 3. The van der Waals surface area contributed by atoms with Gasteiger partial charge in [0.1, 0.15) is 21.4 Å². The van der Waals surface area contributed by atoms with Crippen molar-refractivity contribution < 1.29 is 44.3 Å². The van der Waals surface area contributed by atoms with Gasteiger partial charge in [0.25, 0.3) is 30.1 Å². The molecule has 0 radical (unpaired) electrons. The highest BCUT2D eigenvalue weighted by atomic mass is 35.5. The molecule has 0 unspecified atom stereocenters. The number of sulfonamides is 3. The van der Waals surface area contributed by atoms with E-state index in [0.29, 0.717) is 49.5 Å². The fraction of sp³-hybridized carbons (Fsp3) is 0.145. The molecule has 0 spiro atoms. The van der Waals surface area contributed by atoms with Crippen molar-refractivity contribution in [1.29, 1.82) is 0 Å². The van der Waals surface area contributed by atoms with Crippen molar-refractivity contribution in [3.05, 3.63) is 239 Å². The maximum atomic E-state index is 12.8. The van der Waals surface area contributed by atoms with Crippen LogP contribution in [-0.2, 0) is 30.1 Å². The molecule has 0 saturated carbocycles. The van der Waals surface area contributed by atoms with E-state index < -0.39 is 30.1 Å². The predicted octanol–water partition coefficient (Wildman–Crippen LogP) is 15.4. The molecule has 2 aromatic heterocycles. The van der Waals surface area contributed by atoms with E-state index in [1.165, 1.54) is 42.2 Å². The number of ketones is 1. The Kier molecular flexibility index (Phi) is 21.8. The van der Waals surface area contributed by atoms with Gasteiger partial charge in [-0.1, -0.05) is 128 Å². The van der Waals surface area contributed by atoms with Crippen LogP contribution in [0.15, 0.2) is 237 Å². The van der Waals surface area contributed by atoms with Gasteiger partial charge in [0, 0.05) is 44.4 Å². The van der Waals surface area contributed by atoms with E-state index in [1.807, 2.05) is 82.3 Å². The molecule has 0 aliphatic heterocycles. The fourth-order valence-corrected chi connectivity index (χ4v) is 12.0. The number of rotatable bonds is 20. The van der Waals surface area contributed by atoms with Crippen molar-refractivity contribution in [1.82, 2.24) is 9.97 Å². The largest absolute Gasteiger partial charge is 0.491 e. The lowest BCUT2D eigenvalue weighted by molar-refractivity contribution is 0.103. The standard InChI is InChI=1S/C22H21NO4S.C20H19ClN2O4S.C20H19ClN2O2S2/c1-16(2)27-18-12-14-19(15-13-18)28(25,26)23-21-11-7-6-10-20(21)22(24)17-8-4-3-5-9-17;1-14(2)26-20-11-9-17(13-22-20)28(24,25)23-18-10-8-15(21)12-19(18)27-16-6-4-3-5-7-16;1-14(2)15-6-9-17(10-7-15)27(24,25)23-18-11-8-16(21)13-19(18)26-20-5-3-4-12-22-20/h3-16,23H,1-2H3;3-14,23H,1-2H3;3-14,23H,1-2H3. The smallest absolute Gasteiger partial charge is 0.263 e. The van der Waals surface area contributed by atoms with Crippen molar-refractivity contribution in [2.24, 2.45) is 0 Å². The molecule has 0 atom stereocenters. The van der Waals surface area contributed by atoms with E-state index >= 15 is 0 Å². The quantitative estimate of drug-likeness (QED) is 0.0608. The molecule has 15 nitrogen and oxygen atoms in total. The number of pyridine rings is 2. The third kappa shape index (κ3) is 18.5. The number of nitrogens with one attached hydrogen (secondary N) is 3. The van der Waals surface area contributed by atoms with E-state index in [9.17, 15) is 30.0 Å². The summed E-state index contributed by atoms with van der Waals surface area (Å²) in [6, 6.07) is 55.6. The second kappa shape index (κ2) is 28.9. The average Bonchev–Trinajstić information content (AvgIpc) is 3.55. The van der Waals surface area contributed by atoms with Gasteiger partial charge in [-0.15, -0.1) is 0 Å². The molecule has 0 amide bonds. The lowest BCUT2D eigenvalue weighted by Crippen LogP contribution is -2.16. The van der Waals surface area contributed by atoms with Gasteiger partial charge in [-0.05, 0) is 148 Å². The number of benzene rings is 7. The van der Waals surface area contributed by atoms with Crippen LogP contribution in [0, 0.1) is 0 Å². The number of ether oxygens (including phenoxy) is 3. The van der Waals surface area contributed by atoms with Crippen LogP contribution in [0.1, 0.15) is 68.9 Å². The van der Waals surface area contributed by atoms with Gasteiger partial charge in [-0.2, -0.15) is 0 Å². The number of carbonyl (C=O) groups is 1. The number of halogens is 2. The molecule has 9 aromatic rings. The highest BCUT2D eigenvalue weighted by Gasteiger charge is 2.22. The van der Waals surface area contributed by atoms with E-state index in [1.54, 1.807) is 128 Å². The lowest BCUT2D eigenvalue weighted by Gasteiger charge is -2.14. The summed E-state index contributed by atoms with van der Waals surface area (Å²) in [4.78, 5) is 22.1. The summed E-state index contributed by atoms with van der Waals surface area (Å²) in [5.74, 6) is 1.88. The minimum atomic E-state index is -3.88. The first-order chi connectivity index (χ1) is 39.5. The van der Waals surface area contributed by atoms with Crippen LogP contribution in [0.25, 0.3) is 0 Å². The van der Waals surface area contributed by atoms with E-state index in [0.717, 1.165) is 10.6 Å². The third-order valence-electron chi connectivity index (χ3n) is 11.4. The summed E-state index contributed by atoms with van der Waals surface area (Å²) in [6.07, 6.45) is 2.87. The van der Waals surface area contributed by atoms with Crippen molar-refractivity contribution in [3.8, 4) is 23.1 Å². The maximum Gasteiger partial charge on any atom is 0.263 e. The zero-order valence-corrected chi connectivity index (χ0v) is 50.6. The molecule has 0 fully saturated rings. The van der Waals surface area contributed by atoms with Gasteiger partial charge in [0.05, 0.1) is 45.3 Å². The summed E-state index contributed by atoms with van der Waals surface area (Å²) in [5.41, 5.74) is 2.82. The van der Waals surface area contributed by atoms with Crippen LogP contribution in [0.3, 0.4) is 0 Å². The summed E-state index contributed by atoms with van der Waals surface area (Å²) in [5, 5.41) is 1.70. The fourth-order valence-electron chi connectivity index (χ4n) is 7.43. The molecule has 0 aliphatic rings. The number of anilines is 3. The Balaban J connectivity index is 0.000000179. The van der Waals surface area contributed by atoms with Gasteiger partial charge in [-0.25, -0.2) is 35.2 Å². The molecule has 9 rings (SSSR count). The van der Waals surface area contributed by atoms with Gasteiger partial charge in [0.15, 0.2) is 11.5 Å². The second-order valence-corrected chi connectivity index (χ2v) is 25.9. The molecule has 3 N–H and O–H groups in total. The number of hydrogen-bond acceptors (Lipinski definition) is 13. The Morgan fingerprint density at radius 2 is 1.02 bits per heavy atom. The number of nitrogens with zero attached hydrogens (tertiary/aromatic N) is 2. The van der Waals surface area contributed by atoms with Crippen LogP contribution in [0.2, 0.25) is 10.0 Å². The summed E-state index contributed by atoms with van der Waals surface area (Å²) < 4.78 is 101. The first-order valence-electron chi connectivity index (χ1n) is 25.7. The molecule has 21 heteroatoms. The normalized spacial score (nSPS) is 11.4. The van der Waals surface area contributed by atoms with Crippen molar-refractivity contribution >= 4 is 87.9 Å². The zero-order chi connectivity index (χ0) is 59.7. The third-order valence-corrected chi connectivity index (χ3v) is 17.0. The summed E-state index contributed by atoms with van der Waals surface area (Å²) in [7, 11) is -11.4. The highest BCUT2D eigenvalue weighted by molar-refractivity contribution is 7.99. The van der Waals surface area contributed by atoms with Crippen LogP contribution < -0.4 is 28.4 Å². The molecule has 0 saturated heterocycles. The summed E-state index contributed by atoms with van der Waals surface area (Å²) >= 11 is 13.5. The topological polar surface area (TPSA) is 209 Å². The first-order valence-corrected chi connectivity index (χ1v) is 31.7. The molecular formula is C62H59Cl2N5O10S4. The Bertz CT molecular complexity index is 3950. The predicted molar refractivity (Wildman–Crippen MR) is 329 cm³/mol. The molecule has 0 bridgehead atoms. The van der Waals surface area contributed by atoms with Crippen LogP contribution in [0.4, 0.5) is 17.1 Å². The molecule has 83 heavy (non-hydrogen) atoms. The summed E-state index contributed by atoms with van der Waals surface area (Å²) in [6.45, 7) is 11.7. The van der Waals surface area contributed by atoms with Crippen molar-refractivity contribution in [3.63, 3.8) is 0 Å². The van der Waals surface area contributed by atoms with E-state index in [2.05, 4.69) is 38.0 Å². The Labute approximate surface area is 499 Å². The highest BCUT2D eigenvalue weighted by Crippen LogP contribution is 2.37. The minimum Gasteiger partial charge on any atom is -0.491 e. The van der Waals surface area contributed by atoms with Gasteiger partial charge in [-0.3, -0.25) is 19.0 Å². The molecule has 0 aliphatic carbocycles. The number of carbonyl (C=O) groups excluding carboxylic acids is 1. The van der Waals surface area contributed by atoms with Gasteiger partial charge >= 0.3 is 0 Å². The van der Waals surface area contributed by atoms with Crippen LogP contribution >= 0.6 is 35.0 Å². The van der Waals surface area contributed by atoms with Crippen LogP contribution in [0.5, 0.6) is 23.1 Å². The monoisotopic (exact) mass is 1230 g/mol. The van der Waals surface area contributed by atoms with Crippen molar-refractivity contribution in [2.75, 3.05) is 14.2 Å². The molecule has 430 valence electrons. The first kappa shape index (κ1) is 62.7. The molecular weight excluding hydrogens is 1170 g/mol. The van der Waals surface area contributed by atoms with Crippen LogP contribution in [-0.4, -0.2) is 53.2 Å². The SMILES string of the molecule is CC(C)Oc1ccc(S(=O)(=O)Nc2ccc(Cl)cc2Oc2ccccc2)cn1.CC(C)Oc1ccc(S(=O)(=O)Nc2ccccc2C(=O)c2ccccc2)cc1.CC(C)c1ccc(S(=O)(=O)Nc2ccc(Cl)cc2Sc2ccccn2)cc1. The second-order valence-electron chi connectivity index (χ2n) is 18.9. The van der Waals surface area contributed by atoms with Gasteiger partial charge < -0.3 is 14.2 Å². The average molecular weight is 1230 g/mol. The lowest BCUT2D eigenvalue weighted by atomic mass is 10.0. The number of aromatic nitrogens is 2. The Morgan fingerprint density at radius 3 is 1.61 bits per heavy atom. The number of para-hydroxylation sites is 2. The Morgan fingerprint density at radius 1 is 0.494 bits per heavy atom. The molecule has 7 aromatic carbocycles. The zero-order valence-electron chi connectivity index (χ0n) is 45.8. The van der Waals surface area contributed by atoms with E-state index in [4.69, 9.17) is 37.4 Å². The van der Waals surface area contributed by atoms with E-state index in [-0.39, 0.29) is 55.4 Å². The minimum absolute atomic E-state index is 0.00328. The molecule has 2 heterocycles. The Hall–Kier alpha value is -7.91. The maximum absolute atomic E-state index is 12.8. The van der Waals surface area contributed by atoms with Gasteiger partial charge in [0.2, 0.25) is 5.88 Å². The van der Waals surface area contributed by atoms with Crippen molar-refractivity contribution in [2.45, 2.75) is 84.3 Å².